The average molecular weight is 342 g/mol. The fourth-order valence-corrected chi connectivity index (χ4v) is 2.45. The zero-order valence-corrected chi connectivity index (χ0v) is 13.6. The first-order valence-electron chi connectivity index (χ1n) is 6.75. The number of nitrogens with two attached hydrogens (primary N) is 1. The van der Waals surface area contributed by atoms with Crippen molar-refractivity contribution in [2.24, 2.45) is 0 Å². The monoisotopic (exact) mass is 341 g/mol. The number of aromatic nitrogens is 2. The van der Waals surface area contributed by atoms with E-state index in [0.29, 0.717) is 46.1 Å². The lowest BCUT2D eigenvalue weighted by atomic mass is 10.3. The Hall–Kier alpha value is -1.76. The van der Waals surface area contributed by atoms with Crippen molar-refractivity contribution in [3.63, 3.8) is 0 Å². The highest BCUT2D eigenvalue weighted by Gasteiger charge is 2.14. The summed E-state index contributed by atoms with van der Waals surface area (Å²) in [5, 5.41) is 13.2. The van der Waals surface area contributed by atoms with E-state index in [1.54, 1.807) is 18.2 Å². The molecule has 2 aromatic rings. The Morgan fingerprint density at radius 1 is 1.32 bits per heavy atom. The van der Waals surface area contributed by atoms with Gasteiger partial charge in [0.15, 0.2) is 11.6 Å². The van der Waals surface area contributed by atoms with Crippen LogP contribution in [0.4, 0.5) is 23.0 Å². The predicted molar refractivity (Wildman–Crippen MR) is 91.2 cm³/mol. The Morgan fingerprint density at radius 2 is 2.09 bits per heavy atom. The molecule has 0 aliphatic rings. The molecule has 0 radical (unpaired) electrons. The van der Waals surface area contributed by atoms with Crippen molar-refractivity contribution in [2.45, 2.75) is 6.92 Å². The second kappa shape index (κ2) is 7.49. The zero-order valence-electron chi connectivity index (χ0n) is 12.1. The number of aliphatic hydroxyl groups excluding tert-OH is 1. The minimum absolute atomic E-state index is 0.0169. The van der Waals surface area contributed by atoms with Crippen LogP contribution in [0.15, 0.2) is 24.5 Å². The number of nitrogens with one attached hydrogen (secondary N) is 1. The minimum Gasteiger partial charge on any atom is -0.395 e. The van der Waals surface area contributed by atoms with Crippen LogP contribution < -0.4 is 16.0 Å². The molecular weight excluding hydrogens is 325 g/mol. The highest BCUT2D eigenvalue weighted by Crippen LogP contribution is 2.32. The normalized spacial score (nSPS) is 10.5. The third kappa shape index (κ3) is 3.71. The molecule has 0 amide bonds. The molecule has 6 nitrogen and oxygen atoms in total. The lowest BCUT2D eigenvalue weighted by molar-refractivity contribution is 0.302. The van der Waals surface area contributed by atoms with Crippen molar-refractivity contribution < 1.29 is 5.11 Å². The molecule has 0 bridgehead atoms. The summed E-state index contributed by atoms with van der Waals surface area (Å²) < 4.78 is 0. The van der Waals surface area contributed by atoms with E-state index in [1.165, 1.54) is 6.33 Å². The van der Waals surface area contributed by atoms with Gasteiger partial charge in [-0.3, -0.25) is 0 Å². The number of benzene rings is 1. The van der Waals surface area contributed by atoms with E-state index in [9.17, 15) is 0 Å². The summed E-state index contributed by atoms with van der Waals surface area (Å²) in [5.74, 6) is 1.02. The van der Waals surface area contributed by atoms with Gasteiger partial charge in [-0.25, -0.2) is 9.97 Å². The smallest absolute Gasteiger partial charge is 0.159 e. The van der Waals surface area contributed by atoms with E-state index in [1.807, 2.05) is 11.8 Å². The van der Waals surface area contributed by atoms with Crippen molar-refractivity contribution >= 4 is 46.2 Å². The Balaban J connectivity index is 2.32. The summed E-state index contributed by atoms with van der Waals surface area (Å²) >= 11 is 12.0. The summed E-state index contributed by atoms with van der Waals surface area (Å²) in [4.78, 5) is 10.2. The SMILES string of the molecule is CCN(CCO)c1ncnc(Nc2ccc(Cl)cc2Cl)c1N. The molecule has 4 N–H and O–H groups in total. The van der Waals surface area contributed by atoms with E-state index in [0.717, 1.165) is 0 Å². The van der Waals surface area contributed by atoms with Crippen LogP contribution >= 0.6 is 23.2 Å². The molecule has 0 aliphatic carbocycles. The second-order valence-electron chi connectivity index (χ2n) is 4.51. The molecule has 2 rings (SSSR count). The standard InChI is InChI=1S/C14H17Cl2N5O/c1-2-21(5-6-22)14-12(17)13(18-8-19-14)20-11-4-3-9(15)7-10(11)16/h3-4,7-8,22H,2,5-6,17H2,1H3,(H,18,19,20). The Bertz CT molecular complexity index is 653. The highest BCUT2D eigenvalue weighted by molar-refractivity contribution is 6.36. The van der Waals surface area contributed by atoms with Crippen molar-refractivity contribution in [2.75, 3.05) is 35.6 Å². The van der Waals surface area contributed by atoms with Crippen molar-refractivity contribution in [3.05, 3.63) is 34.6 Å². The second-order valence-corrected chi connectivity index (χ2v) is 5.36. The Morgan fingerprint density at radius 3 is 2.73 bits per heavy atom. The number of anilines is 4. The lowest BCUT2D eigenvalue weighted by Crippen LogP contribution is -2.28. The maximum Gasteiger partial charge on any atom is 0.159 e. The fourth-order valence-electron chi connectivity index (χ4n) is 1.99. The first kappa shape index (κ1) is 16.6. The number of halogens is 2. The molecule has 1 aromatic heterocycles. The van der Waals surface area contributed by atoms with Gasteiger partial charge in [-0.2, -0.15) is 0 Å². The van der Waals surface area contributed by atoms with E-state index < -0.39 is 0 Å². The van der Waals surface area contributed by atoms with Gasteiger partial charge in [0, 0.05) is 18.1 Å². The van der Waals surface area contributed by atoms with Gasteiger partial charge in [0.25, 0.3) is 0 Å². The molecule has 0 fully saturated rings. The molecule has 0 atom stereocenters. The number of aliphatic hydroxyl groups is 1. The third-order valence-corrected chi connectivity index (χ3v) is 3.65. The highest BCUT2D eigenvalue weighted by atomic mass is 35.5. The van der Waals surface area contributed by atoms with Crippen LogP contribution in [0.3, 0.4) is 0 Å². The van der Waals surface area contributed by atoms with Crippen LogP contribution in [0.1, 0.15) is 6.92 Å². The molecule has 1 heterocycles. The molecule has 0 aliphatic heterocycles. The summed E-state index contributed by atoms with van der Waals surface area (Å²) in [6.45, 7) is 3.09. The van der Waals surface area contributed by atoms with Crippen molar-refractivity contribution in [1.82, 2.24) is 9.97 Å². The first-order chi connectivity index (χ1) is 10.6. The van der Waals surface area contributed by atoms with Gasteiger partial charge in [-0.05, 0) is 25.1 Å². The zero-order chi connectivity index (χ0) is 16.1. The van der Waals surface area contributed by atoms with Crippen molar-refractivity contribution in [1.29, 1.82) is 0 Å². The average Bonchev–Trinajstić information content (AvgIpc) is 2.50. The molecular formula is C14H17Cl2N5O. The number of likely N-dealkylation sites (N-methyl/N-ethyl adjacent to an activating group) is 1. The Kier molecular flexibility index (Phi) is 5.65. The van der Waals surface area contributed by atoms with E-state index in [4.69, 9.17) is 34.0 Å². The molecule has 0 saturated carbocycles. The van der Waals surface area contributed by atoms with Crippen LogP contribution in [0, 0.1) is 0 Å². The number of hydrogen-bond donors (Lipinski definition) is 3. The first-order valence-corrected chi connectivity index (χ1v) is 7.50. The largest absolute Gasteiger partial charge is 0.395 e. The molecule has 0 saturated heterocycles. The summed E-state index contributed by atoms with van der Waals surface area (Å²) in [7, 11) is 0. The van der Waals surface area contributed by atoms with Crippen LogP contribution in [0.2, 0.25) is 10.0 Å². The van der Waals surface area contributed by atoms with Gasteiger partial charge in [-0.15, -0.1) is 0 Å². The molecule has 0 spiro atoms. The van der Waals surface area contributed by atoms with Gasteiger partial charge >= 0.3 is 0 Å². The third-order valence-electron chi connectivity index (χ3n) is 3.10. The fraction of sp³-hybridized carbons (Fsp3) is 0.286. The molecule has 0 unspecified atom stereocenters. The van der Waals surface area contributed by atoms with Crippen LogP contribution in [0.5, 0.6) is 0 Å². The van der Waals surface area contributed by atoms with Gasteiger partial charge in [0.2, 0.25) is 0 Å². The summed E-state index contributed by atoms with van der Waals surface area (Å²) in [6.07, 6.45) is 1.41. The number of nitrogens with zero attached hydrogens (tertiary/aromatic N) is 3. The molecule has 118 valence electrons. The number of nitrogen functional groups attached to an aromatic ring is 1. The number of rotatable bonds is 6. The minimum atomic E-state index is 0.0169. The van der Waals surface area contributed by atoms with E-state index in [2.05, 4.69) is 15.3 Å². The molecule has 1 aromatic carbocycles. The Labute approximate surface area is 138 Å². The number of hydrogen-bond acceptors (Lipinski definition) is 6. The van der Waals surface area contributed by atoms with E-state index in [-0.39, 0.29) is 6.61 Å². The quantitative estimate of drug-likeness (QED) is 0.748. The summed E-state index contributed by atoms with van der Waals surface area (Å²) in [5.41, 5.74) is 7.18. The van der Waals surface area contributed by atoms with Crippen LogP contribution in [-0.4, -0.2) is 34.8 Å². The van der Waals surface area contributed by atoms with Crippen molar-refractivity contribution in [3.8, 4) is 0 Å². The van der Waals surface area contributed by atoms with Crippen LogP contribution in [0.25, 0.3) is 0 Å². The molecule has 8 heteroatoms. The summed E-state index contributed by atoms with van der Waals surface area (Å²) in [6, 6.07) is 5.10. The van der Waals surface area contributed by atoms with Gasteiger partial charge < -0.3 is 21.1 Å². The maximum atomic E-state index is 9.12. The van der Waals surface area contributed by atoms with Gasteiger partial charge in [-0.1, -0.05) is 23.2 Å². The topological polar surface area (TPSA) is 87.3 Å². The maximum absolute atomic E-state index is 9.12. The molecule has 22 heavy (non-hydrogen) atoms. The predicted octanol–water partition coefficient (Wildman–Crippen LogP) is 2.93. The van der Waals surface area contributed by atoms with Crippen LogP contribution in [-0.2, 0) is 0 Å². The van der Waals surface area contributed by atoms with Gasteiger partial charge in [0.1, 0.15) is 12.0 Å². The lowest BCUT2D eigenvalue weighted by Gasteiger charge is -2.23. The van der Waals surface area contributed by atoms with E-state index >= 15 is 0 Å². The van der Waals surface area contributed by atoms with Gasteiger partial charge in [0.05, 0.1) is 17.3 Å².